The Labute approximate surface area is 169 Å². The molecule has 1 fully saturated rings. The van der Waals surface area contributed by atoms with Crippen LogP contribution < -0.4 is 0 Å². The molecule has 1 saturated heterocycles. The van der Waals surface area contributed by atoms with E-state index in [1.807, 2.05) is 47.4 Å². The smallest absolute Gasteiger partial charge is 0.276 e. The van der Waals surface area contributed by atoms with E-state index in [2.05, 4.69) is 10.3 Å². The summed E-state index contributed by atoms with van der Waals surface area (Å²) in [6.45, 7) is 1.21. The third-order valence-corrected chi connectivity index (χ3v) is 5.18. The minimum Gasteiger partial charge on any atom is -0.330 e. The maximum atomic E-state index is 13.3. The van der Waals surface area contributed by atoms with Crippen LogP contribution in [0.5, 0.6) is 0 Å². The first-order chi connectivity index (χ1) is 14.2. The number of carbonyl (C=O) groups excluding carboxylic acids is 1. The molecule has 2 heterocycles. The fourth-order valence-corrected chi connectivity index (χ4v) is 3.70. The Morgan fingerprint density at radius 2 is 1.90 bits per heavy atom. The largest absolute Gasteiger partial charge is 0.330 e. The second-order valence-electron chi connectivity index (χ2n) is 7.20. The normalized spacial score (nSPS) is 17.0. The molecule has 3 aromatic rings. The van der Waals surface area contributed by atoms with Crippen LogP contribution in [-0.4, -0.2) is 32.3 Å². The van der Waals surface area contributed by atoms with Crippen LogP contribution in [0.4, 0.5) is 4.39 Å². The van der Waals surface area contributed by atoms with Gasteiger partial charge < -0.3 is 4.90 Å². The maximum absolute atomic E-state index is 13.3. The first-order valence-corrected chi connectivity index (χ1v) is 9.89. The van der Waals surface area contributed by atoms with Crippen LogP contribution in [-0.2, 0) is 6.54 Å². The highest BCUT2D eigenvalue weighted by molar-refractivity contribution is 5.92. The predicted molar refractivity (Wildman–Crippen MR) is 110 cm³/mol. The van der Waals surface area contributed by atoms with Crippen molar-refractivity contribution in [2.45, 2.75) is 31.8 Å². The Kier molecular flexibility index (Phi) is 5.79. The molecule has 1 atom stereocenters. The second-order valence-corrected chi connectivity index (χ2v) is 7.20. The van der Waals surface area contributed by atoms with Gasteiger partial charge in [-0.25, -0.2) is 9.07 Å². The molecule has 0 spiro atoms. The van der Waals surface area contributed by atoms with E-state index in [0.717, 1.165) is 30.4 Å². The van der Waals surface area contributed by atoms with Crippen molar-refractivity contribution in [3.63, 3.8) is 0 Å². The van der Waals surface area contributed by atoms with Crippen molar-refractivity contribution in [2.75, 3.05) is 6.54 Å². The van der Waals surface area contributed by atoms with E-state index in [0.29, 0.717) is 18.8 Å². The van der Waals surface area contributed by atoms with Crippen LogP contribution in [0.15, 0.2) is 66.9 Å². The zero-order valence-electron chi connectivity index (χ0n) is 16.1. The third kappa shape index (κ3) is 4.59. The van der Waals surface area contributed by atoms with E-state index in [9.17, 15) is 9.18 Å². The van der Waals surface area contributed by atoms with Crippen molar-refractivity contribution >= 4 is 12.0 Å². The molecule has 0 aliphatic carbocycles. The molecular weight excluding hydrogens is 367 g/mol. The fourth-order valence-electron chi connectivity index (χ4n) is 3.70. The van der Waals surface area contributed by atoms with E-state index in [4.69, 9.17) is 0 Å². The van der Waals surface area contributed by atoms with E-state index >= 15 is 0 Å². The highest BCUT2D eigenvalue weighted by atomic mass is 19.1. The zero-order valence-corrected chi connectivity index (χ0v) is 16.1. The number of halogens is 1. The highest BCUT2D eigenvalue weighted by Gasteiger charge is 2.30. The van der Waals surface area contributed by atoms with Gasteiger partial charge in [-0.2, -0.15) is 0 Å². The molecule has 2 aromatic carbocycles. The van der Waals surface area contributed by atoms with Crippen LogP contribution in [0.2, 0.25) is 0 Å². The number of benzene rings is 2. The molecule has 148 valence electrons. The van der Waals surface area contributed by atoms with Crippen molar-refractivity contribution in [1.29, 1.82) is 0 Å². The lowest BCUT2D eigenvalue weighted by atomic mass is 9.95. The van der Waals surface area contributed by atoms with Gasteiger partial charge in [-0.05, 0) is 42.5 Å². The van der Waals surface area contributed by atoms with Gasteiger partial charge in [0.15, 0.2) is 5.69 Å². The van der Waals surface area contributed by atoms with Crippen molar-refractivity contribution in [3.05, 3.63) is 89.5 Å². The highest BCUT2D eigenvalue weighted by Crippen LogP contribution is 2.31. The summed E-state index contributed by atoms with van der Waals surface area (Å²) in [6.07, 6.45) is 8.55. The average Bonchev–Trinajstić information content (AvgIpc) is 3.23. The minimum atomic E-state index is -0.270. The molecule has 1 aliphatic heterocycles. The number of allylic oxidation sites excluding steroid dienone is 1. The van der Waals surface area contributed by atoms with Crippen LogP contribution in [0.3, 0.4) is 0 Å². The van der Waals surface area contributed by atoms with Gasteiger partial charge in [0.25, 0.3) is 5.91 Å². The Bertz CT molecular complexity index is 982. The number of carbonyl (C=O) groups is 1. The summed E-state index contributed by atoms with van der Waals surface area (Å²) in [6, 6.07) is 16.4. The Hall–Kier alpha value is -3.28. The Balaban J connectivity index is 1.45. The fraction of sp³-hybridized carbons (Fsp3) is 0.261. The summed E-state index contributed by atoms with van der Waals surface area (Å²) in [5, 5.41) is 8.18. The van der Waals surface area contributed by atoms with E-state index < -0.39 is 0 Å². The molecule has 0 radical (unpaired) electrons. The van der Waals surface area contributed by atoms with Crippen molar-refractivity contribution in [2.24, 2.45) is 0 Å². The molecule has 6 heteroatoms. The van der Waals surface area contributed by atoms with Gasteiger partial charge in [-0.15, -0.1) is 5.10 Å². The van der Waals surface area contributed by atoms with Gasteiger partial charge in [-0.1, -0.05) is 59.8 Å². The summed E-state index contributed by atoms with van der Waals surface area (Å²) in [4.78, 5) is 14.9. The number of likely N-dealkylation sites (tertiary alicyclic amines) is 1. The SMILES string of the molecule is O=C(c1cn(C/C=C/c2ccccc2)nn1)N1CCCC[C@@H]1c1ccc(F)cc1. The molecule has 0 bridgehead atoms. The summed E-state index contributed by atoms with van der Waals surface area (Å²) in [7, 11) is 0. The molecule has 1 aliphatic rings. The molecule has 1 amide bonds. The van der Waals surface area contributed by atoms with E-state index in [1.165, 1.54) is 12.1 Å². The van der Waals surface area contributed by atoms with Gasteiger partial charge in [-0.3, -0.25) is 4.79 Å². The topological polar surface area (TPSA) is 51.0 Å². The number of amides is 1. The quantitative estimate of drug-likeness (QED) is 0.645. The van der Waals surface area contributed by atoms with Gasteiger partial charge >= 0.3 is 0 Å². The van der Waals surface area contributed by atoms with Crippen molar-refractivity contribution in [1.82, 2.24) is 19.9 Å². The molecular formula is C23H23FN4O. The summed E-state index contributed by atoms with van der Waals surface area (Å²) < 4.78 is 14.9. The molecule has 5 nitrogen and oxygen atoms in total. The lowest BCUT2D eigenvalue weighted by Gasteiger charge is -2.35. The van der Waals surface area contributed by atoms with Crippen molar-refractivity contribution < 1.29 is 9.18 Å². The average molecular weight is 390 g/mol. The summed E-state index contributed by atoms with van der Waals surface area (Å²) >= 11 is 0. The third-order valence-electron chi connectivity index (χ3n) is 5.18. The van der Waals surface area contributed by atoms with Crippen LogP contribution in [0, 0.1) is 5.82 Å². The zero-order chi connectivity index (χ0) is 20.1. The summed E-state index contributed by atoms with van der Waals surface area (Å²) in [5.74, 6) is -0.397. The maximum Gasteiger partial charge on any atom is 0.276 e. The van der Waals surface area contributed by atoms with E-state index in [1.54, 1.807) is 23.0 Å². The minimum absolute atomic E-state index is 0.0556. The van der Waals surface area contributed by atoms with Crippen LogP contribution in [0.1, 0.15) is 46.9 Å². The second kappa shape index (κ2) is 8.82. The Morgan fingerprint density at radius 1 is 1.10 bits per heavy atom. The van der Waals surface area contributed by atoms with Crippen LogP contribution >= 0.6 is 0 Å². The standard InChI is InChI=1S/C23H23FN4O/c24-20-13-11-19(12-14-20)22-10-4-5-16-28(22)23(29)21-17-27(26-25-21)15-6-9-18-7-2-1-3-8-18/h1-3,6-9,11-14,17,22H,4-5,10,15-16H2/b9-6+/t22-/m1/s1. The number of aromatic nitrogens is 3. The van der Waals surface area contributed by atoms with Gasteiger partial charge in [0.2, 0.25) is 0 Å². The predicted octanol–water partition coefficient (Wildman–Crippen LogP) is 4.50. The first-order valence-electron chi connectivity index (χ1n) is 9.89. The first kappa shape index (κ1) is 19.1. The molecule has 0 saturated carbocycles. The van der Waals surface area contributed by atoms with Gasteiger partial charge in [0.1, 0.15) is 5.82 Å². The lowest BCUT2D eigenvalue weighted by molar-refractivity contribution is 0.0605. The number of hydrogen-bond acceptors (Lipinski definition) is 3. The molecule has 4 rings (SSSR count). The number of hydrogen-bond donors (Lipinski definition) is 0. The summed E-state index contributed by atoms with van der Waals surface area (Å²) in [5.41, 5.74) is 2.41. The van der Waals surface area contributed by atoms with Gasteiger partial charge in [0.05, 0.1) is 18.8 Å². The Morgan fingerprint density at radius 3 is 2.69 bits per heavy atom. The van der Waals surface area contributed by atoms with Crippen molar-refractivity contribution in [3.8, 4) is 0 Å². The molecule has 1 aromatic heterocycles. The molecule has 0 N–H and O–H groups in total. The van der Waals surface area contributed by atoms with Gasteiger partial charge in [0, 0.05) is 6.54 Å². The number of nitrogens with zero attached hydrogens (tertiary/aromatic N) is 4. The number of piperidine rings is 1. The lowest BCUT2D eigenvalue weighted by Crippen LogP contribution is -2.38. The molecule has 29 heavy (non-hydrogen) atoms. The number of rotatable bonds is 5. The monoisotopic (exact) mass is 390 g/mol. The van der Waals surface area contributed by atoms with Crippen LogP contribution in [0.25, 0.3) is 6.08 Å². The molecule has 0 unspecified atom stereocenters. The van der Waals surface area contributed by atoms with E-state index in [-0.39, 0.29) is 17.8 Å².